The average molecular weight is 287 g/mol. The van der Waals surface area contributed by atoms with Gasteiger partial charge in [-0.3, -0.25) is 4.68 Å². The molecule has 0 aliphatic carbocycles. The Morgan fingerprint density at radius 2 is 2.06 bits per heavy atom. The van der Waals surface area contributed by atoms with Crippen molar-refractivity contribution < 1.29 is 0 Å². The maximum absolute atomic E-state index is 4.60. The minimum atomic E-state index is 0.345. The molecule has 0 bridgehead atoms. The monoisotopic (exact) mass is 286 g/mol. The first kappa shape index (κ1) is 13.8. The van der Waals surface area contributed by atoms with Crippen molar-refractivity contribution in [1.29, 1.82) is 0 Å². The number of aryl methyl sites for hydroxylation is 2. The summed E-state index contributed by atoms with van der Waals surface area (Å²) in [6.45, 7) is 9.88. The third-order valence-electron chi connectivity index (χ3n) is 3.36. The second-order valence-electron chi connectivity index (χ2n) is 4.77. The zero-order valence-electron chi connectivity index (χ0n) is 10.9. The fraction of sp³-hybridized carbons (Fsp3) is 0.769. The van der Waals surface area contributed by atoms with E-state index in [1.807, 2.05) is 0 Å². The highest BCUT2D eigenvalue weighted by molar-refractivity contribution is 9.09. The Hall–Kier alpha value is -0.310. The topological polar surface area (TPSA) is 17.8 Å². The highest BCUT2D eigenvalue weighted by Gasteiger charge is 2.23. The SMILES string of the molecule is CCc1cc(CC(C)(CC)CBr)n(CC)n1. The minimum absolute atomic E-state index is 0.345. The number of aromatic nitrogens is 2. The lowest BCUT2D eigenvalue weighted by Crippen LogP contribution is -2.22. The summed E-state index contributed by atoms with van der Waals surface area (Å²) in [5.41, 5.74) is 2.94. The zero-order valence-corrected chi connectivity index (χ0v) is 12.5. The number of alkyl halides is 1. The number of hydrogen-bond donors (Lipinski definition) is 0. The second-order valence-corrected chi connectivity index (χ2v) is 5.33. The van der Waals surface area contributed by atoms with Crippen LogP contribution in [0.25, 0.3) is 0 Å². The van der Waals surface area contributed by atoms with Crippen LogP contribution in [0.3, 0.4) is 0 Å². The van der Waals surface area contributed by atoms with Gasteiger partial charge in [0.15, 0.2) is 0 Å². The molecule has 0 saturated heterocycles. The predicted molar refractivity (Wildman–Crippen MR) is 73.2 cm³/mol. The van der Waals surface area contributed by atoms with Gasteiger partial charge < -0.3 is 0 Å². The van der Waals surface area contributed by atoms with Gasteiger partial charge >= 0.3 is 0 Å². The molecule has 0 saturated carbocycles. The van der Waals surface area contributed by atoms with Crippen LogP contribution in [0.2, 0.25) is 0 Å². The first-order valence-corrected chi connectivity index (χ1v) is 7.32. The lowest BCUT2D eigenvalue weighted by Gasteiger charge is -2.25. The molecule has 1 rings (SSSR count). The molecule has 1 atom stereocenters. The van der Waals surface area contributed by atoms with Gasteiger partial charge in [0.2, 0.25) is 0 Å². The van der Waals surface area contributed by atoms with Crippen molar-refractivity contribution in [1.82, 2.24) is 9.78 Å². The summed E-state index contributed by atoms with van der Waals surface area (Å²) >= 11 is 3.63. The second kappa shape index (κ2) is 5.85. The van der Waals surface area contributed by atoms with E-state index in [4.69, 9.17) is 0 Å². The van der Waals surface area contributed by atoms with E-state index in [0.717, 1.165) is 24.7 Å². The van der Waals surface area contributed by atoms with Crippen LogP contribution < -0.4 is 0 Å². The van der Waals surface area contributed by atoms with Crippen molar-refractivity contribution in [2.45, 2.75) is 53.5 Å². The Balaban J connectivity index is 2.90. The van der Waals surface area contributed by atoms with Crippen molar-refractivity contribution in [3.8, 4) is 0 Å². The van der Waals surface area contributed by atoms with Crippen LogP contribution in [0.15, 0.2) is 6.07 Å². The Labute approximate surface area is 108 Å². The van der Waals surface area contributed by atoms with Gasteiger partial charge in [-0.2, -0.15) is 5.10 Å². The molecule has 1 aromatic rings. The molecule has 0 aromatic carbocycles. The van der Waals surface area contributed by atoms with Gasteiger partial charge in [-0.25, -0.2) is 0 Å². The molecule has 0 aliphatic heterocycles. The van der Waals surface area contributed by atoms with Crippen molar-refractivity contribution in [2.75, 3.05) is 5.33 Å². The van der Waals surface area contributed by atoms with E-state index in [-0.39, 0.29) is 0 Å². The van der Waals surface area contributed by atoms with E-state index in [0.29, 0.717) is 5.41 Å². The van der Waals surface area contributed by atoms with Crippen LogP contribution in [0, 0.1) is 5.41 Å². The van der Waals surface area contributed by atoms with Crippen molar-refractivity contribution >= 4 is 15.9 Å². The van der Waals surface area contributed by atoms with Gasteiger partial charge in [-0.05, 0) is 37.7 Å². The zero-order chi connectivity index (χ0) is 12.2. The van der Waals surface area contributed by atoms with Crippen LogP contribution in [0.4, 0.5) is 0 Å². The molecule has 0 amide bonds. The van der Waals surface area contributed by atoms with Gasteiger partial charge in [0.1, 0.15) is 0 Å². The molecule has 0 N–H and O–H groups in total. The lowest BCUT2D eigenvalue weighted by molar-refractivity contribution is 0.349. The van der Waals surface area contributed by atoms with E-state index in [9.17, 15) is 0 Å². The van der Waals surface area contributed by atoms with Crippen LogP contribution in [0.5, 0.6) is 0 Å². The van der Waals surface area contributed by atoms with Crippen molar-refractivity contribution in [2.24, 2.45) is 5.41 Å². The molecule has 3 heteroatoms. The first-order chi connectivity index (χ1) is 7.58. The Morgan fingerprint density at radius 3 is 2.50 bits per heavy atom. The van der Waals surface area contributed by atoms with E-state index < -0.39 is 0 Å². The molecule has 1 unspecified atom stereocenters. The smallest absolute Gasteiger partial charge is 0.0624 e. The third-order valence-corrected chi connectivity index (χ3v) is 4.71. The fourth-order valence-corrected chi connectivity index (χ4v) is 2.40. The fourth-order valence-electron chi connectivity index (χ4n) is 1.81. The third kappa shape index (κ3) is 3.09. The standard InChI is InChI=1S/C13H23BrN2/c1-5-11-8-12(16(7-3)15-11)9-13(4,6-2)10-14/h8H,5-7,9-10H2,1-4H3. The normalized spacial score (nSPS) is 15.1. The predicted octanol–water partition coefficient (Wildman–Crippen LogP) is 3.82. The number of hydrogen-bond acceptors (Lipinski definition) is 1. The lowest BCUT2D eigenvalue weighted by atomic mass is 9.85. The van der Waals surface area contributed by atoms with E-state index >= 15 is 0 Å². The van der Waals surface area contributed by atoms with Gasteiger partial charge in [0, 0.05) is 17.6 Å². The van der Waals surface area contributed by atoms with Crippen molar-refractivity contribution in [3.63, 3.8) is 0 Å². The van der Waals surface area contributed by atoms with E-state index in [1.54, 1.807) is 0 Å². The number of rotatable bonds is 6. The van der Waals surface area contributed by atoms with E-state index in [2.05, 4.69) is 59.5 Å². The summed E-state index contributed by atoms with van der Waals surface area (Å²) in [7, 11) is 0. The molecule has 1 aromatic heterocycles. The molecule has 1 heterocycles. The highest BCUT2D eigenvalue weighted by atomic mass is 79.9. The maximum Gasteiger partial charge on any atom is 0.0624 e. The van der Waals surface area contributed by atoms with Crippen LogP contribution in [0.1, 0.15) is 45.5 Å². The quantitative estimate of drug-likeness (QED) is 0.727. The Morgan fingerprint density at radius 1 is 1.38 bits per heavy atom. The average Bonchev–Trinajstić information content (AvgIpc) is 2.71. The Kier molecular flexibility index (Phi) is 5.03. The molecule has 0 aliphatic rings. The first-order valence-electron chi connectivity index (χ1n) is 6.20. The minimum Gasteiger partial charge on any atom is -0.270 e. The maximum atomic E-state index is 4.60. The molecule has 92 valence electrons. The molecule has 0 fully saturated rings. The highest BCUT2D eigenvalue weighted by Crippen LogP contribution is 2.29. The van der Waals surface area contributed by atoms with Gasteiger partial charge in [-0.15, -0.1) is 0 Å². The summed E-state index contributed by atoms with van der Waals surface area (Å²) < 4.78 is 2.15. The summed E-state index contributed by atoms with van der Waals surface area (Å²) in [6.07, 6.45) is 3.32. The molecule has 16 heavy (non-hydrogen) atoms. The summed E-state index contributed by atoms with van der Waals surface area (Å²) in [5, 5.41) is 5.65. The molecule has 0 radical (unpaired) electrons. The van der Waals surface area contributed by atoms with Gasteiger partial charge in [-0.1, -0.05) is 36.7 Å². The molecular weight excluding hydrogens is 264 g/mol. The van der Waals surface area contributed by atoms with Crippen LogP contribution >= 0.6 is 15.9 Å². The molecule has 0 spiro atoms. The van der Waals surface area contributed by atoms with E-state index in [1.165, 1.54) is 17.8 Å². The van der Waals surface area contributed by atoms with Gasteiger partial charge in [0.25, 0.3) is 0 Å². The summed E-state index contributed by atoms with van der Waals surface area (Å²) in [5.74, 6) is 0. The molecular formula is C13H23BrN2. The summed E-state index contributed by atoms with van der Waals surface area (Å²) in [6, 6.07) is 2.26. The largest absolute Gasteiger partial charge is 0.270 e. The Bertz CT molecular complexity index is 327. The van der Waals surface area contributed by atoms with Crippen molar-refractivity contribution in [3.05, 3.63) is 17.5 Å². The van der Waals surface area contributed by atoms with Crippen LogP contribution in [-0.2, 0) is 19.4 Å². The van der Waals surface area contributed by atoms with Gasteiger partial charge in [0.05, 0.1) is 5.69 Å². The molecule has 2 nitrogen and oxygen atoms in total. The number of halogens is 1. The van der Waals surface area contributed by atoms with Crippen LogP contribution in [-0.4, -0.2) is 15.1 Å². The number of nitrogens with zero attached hydrogens (tertiary/aromatic N) is 2. The summed E-state index contributed by atoms with van der Waals surface area (Å²) in [4.78, 5) is 0.